The number of hydrogen-bond donors (Lipinski definition) is 2. The van der Waals surface area contributed by atoms with Crippen LogP contribution in [0.3, 0.4) is 0 Å². The average Bonchev–Trinajstić information content (AvgIpc) is 2.40. The Morgan fingerprint density at radius 3 is 3.06 bits per heavy atom. The molecule has 1 aromatic rings. The molecule has 1 heterocycles. The highest BCUT2D eigenvalue weighted by Gasteiger charge is 2.29. The van der Waals surface area contributed by atoms with Crippen LogP contribution in [0.25, 0.3) is 0 Å². The highest BCUT2D eigenvalue weighted by molar-refractivity contribution is 6.30. The van der Waals surface area contributed by atoms with Crippen molar-refractivity contribution < 1.29 is 9.84 Å². The van der Waals surface area contributed by atoms with E-state index in [4.69, 9.17) is 22.1 Å². The van der Waals surface area contributed by atoms with Gasteiger partial charge in [0.15, 0.2) is 0 Å². The van der Waals surface area contributed by atoms with E-state index in [1.165, 1.54) is 0 Å². The van der Waals surface area contributed by atoms with Gasteiger partial charge in [0.05, 0.1) is 25.9 Å². The monoisotopic (exact) mass is 270 g/mol. The molecule has 0 amide bonds. The van der Waals surface area contributed by atoms with Crippen molar-refractivity contribution in [2.75, 3.05) is 32.9 Å². The summed E-state index contributed by atoms with van der Waals surface area (Å²) in [6.45, 7) is 2.58. The summed E-state index contributed by atoms with van der Waals surface area (Å²) in [7, 11) is 0. The number of aliphatic hydroxyl groups is 1. The lowest BCUT2D eigenvalue weighted by atomic mass is 10.0. The summed E-state index contributed by atoms with van der Waals surface area (Å²) in [4.78, 5) is 2.20. The van der Waals surface area contributed by atoms with E-state index in [1.54, 1.807) is 0 Å². The summed E-state index contributed by atoms with van der Waals surface area (Å²) in [6.07, 6.45) is 0. The van der Waals surface area contributed by atoms with E-state index in [1.807, 2.05) is 24.3 Å². The fraction of sp³-hybridized carbons (Fsp3) is 0.538. The number of benzene rings is 1. The van der Waals surface area contributed by atoms with E-state index >= 15 is 0 Å². The SMILES string of the molecule is NCC(c1cccc(Cl)c1)N1CCOCC1CO. The molecule has 1 saturated heterocycles. The van der Waals surface area contributed by atoms with Gasteiger partial charge in [0.1, 0.15) is 0 Å². The third-order valence-electron chi connectivity index (χ3n) is 3.34. The Bertz CT molecular complexity index is 389. The molecule has 1 aliphatic rings. The van der Waals surface area contributed by atoms with Crippen LogP contribution in [-0.2, 0) is 4.74 Å². The van der Waals surface area contributed by atoms with Gasteiger partial charge in [0.25, 0.3) is 0 Å². The minimum Gasteiger partial charge on any atom is -0.395 e. The molecule has 0 aliphatic carbocycles. The van der Waals surface area contributed by atoms with Crippen molar-refractivity contribution in [3.63, 3.8) is 0 Å². The van der Waals surface area contributed by atoms with E-state index in [9.17, 15) is 5.11 Å². The van der Waals surface area contributed by atoms with Gasteiger partial charge in [-0.25, -0.2) is 0 Å². The lowest BCUT2D eigenvalue weighted by Gasteiger charge is -2.40. The van der Waals surface area contributed by atoms with Crippen molar-refractivity contribution in [3.8, 4) is 0 Å². The van der Waals surface area contributed by atoms with Crippen molar-refractivity contribution in [3.05, 3.63) is 34.9 Å². The lowest BCUT2D eigenvalue weighted by Crippen LogP contribution is -2.50. The highest BCUT2D eigenvalue weighted by Crippen LogP contribution is 2.25. The first kappa shape index (κ1) is 13.8. The molecule has 100 valence electrons. The van der Waals surface area contributed by atoms with Gasteiger partial charge in [-0.15, -0.1) is 0 Å². The number of nitrogens with two attached hydrogens (primary N) is 1. The van der Waals surface area contributed by atoms with Gasteiger partial charge in [0.2, 0.25) is 0 Å². The number of halogens is 1. The molecule has 0 spiro atoms. The Kier molecular flexibility index (Phi) is 4.97. The Balaban J connectivity index is 2.21. The molecule has 5 heteroatoms. The molecule has 0 saturated carbocycles. The van der Waals surface area contributed by atoms with Gasteiger partial charge in [0, 0.05) is 24.2 Å². The predicted octanol–water partition coefficient (Wildman–Crippen LogP) is 1.03. The van der Waals surface area contributed by atoms with Crippen molar-refractivity contribution in [1.29, 1.82) is 0 Å². The quantitative estimate of drug-likeness (QED) is 0.858. The predicted molar refractivity (Wildman–Crippen MR) is 71.6 cm³/mol. The molecule has 1 fully saturated rings. The molecule has 0 aromatic heterocycles. The van der Waals surface area contributed by atoms with Crippen LogP contribution in [0, 0.1) is 0 Å². The van der Waals surface area contributed by atoms with Crippen LogP contribution in [-0.4, -0.2) is 49.0 Å². The summed E-state index contributed by atoms with van der Waals surface area (Å²) in [5.41, 5.74) is 6.98. The van der Waals surface area contributed by atoms with Crippen molar-refractivity contribution in [1.82, 2.24) is 4.90 Å². The zero-order valence-electron chi connectivity index (χ0n) is 10.3. The van der Waals surface area contributed by atoms with Gasteiger partial charge < -0.3 is 15.6 Å². The van der Waals surface area contributed by atoms with Crippen LogP contribution in [0.1, 0.15) is 11.6 Å². The summed E-state index contributed by atoms with van der Waals surface area (Å²) < 4.78 is 5.39. The Labute approximate surface area is 112 Å². The lowest BCUT2D eigenvalue weighted by molar-refractivity contribution is -0.0463. The third kappa shape index (κ3) is 3.02. The molecular formula is C13H19ClN2O2. The van der Waals surface area contributed by atoms with Crippen LogP contribution in [0.2, 0.25) is 5.02 Å². The third-order valence-corrected chi connectivity index (χ3v) is 3.58. The molecule has 18 heavy (non-hydrogen) atoms. The molecule has 2 rings (SSSR count). The molecule has 4 nitrogen and oxygen atoms in total. The molecule has 0 bridgehead atoms. The maximum Gasteiger partial charge on any atom is 0.0645 e. The van der Waals surface area contributed by atoms with E-state index < -0.39 is 0 Å². The molecular weight excluding hydrogens is 252 g/mol. The molecule has 1 aromatic carbocycles. The van der Waals surface area contributed by atoms with E-state index in [0.717, 1.165) is 12.1 Å². The fourth-order valence-corrected chi connectivity index (χ4v) is 2.61. The van der Waals surface area contributed by atoms with Crippen LogP contribution < -0.4 is 5.73 Å². The summed E-state index contributed by atoms with van der Waals surface area (Å²) >= 11 is 6.02. The largest absolute Gasteiger partial charge is 0.395 e. The number of nitrogens with zero attached hydrogens (tertiary/aromatic N) is 1. The highest BCUT2D eigenvalue weighted by atomic mass is 35.5. The summed E-state index contributed by atoms with van der Waals surface area (Å²) in [5, 5.41) is 10.1. The van der Waals surface area contributed by atoms with Gasteiger partial charge in [-0.3, -0.25) is 4.90 Å². The van der Waals surface area contributed by atoms with Gasteiger partial charge >= 0.3 is 0 Å². The number of aliphatic hydroxyl groups excluding tert-OH is 1. The smallest absolute Gasteiger partial charge is 0.0645 e. The van der Waals surface area contributed by atoms with E-state index in [0.29, 0.717) is 24.8 Å². The van der Waals surface area contributed by atoms with Crippen molar-refractivity contribution in [2.24, 2.45) is 5.73 Å². The topological polar surface area (TPSA) is 58.7 Å². The Hall–Kier alpha value is -0.650. The zero-order valence-corrected chi connectivity index (χ0v) is 11.0. The number of morpholine rings is 1. The summed E-state index contributed by atoms with van der Waals surface area (Å²) in [5.74, 6) is 0. The minimum atomic E-state index is 0.00582. The maximum absolute atomic E-state index is 9.42. The minimum absolute atomic E-state index is 0.00582. The molecule has 2 atom stereocenters. The standard InChI is InChI=1S/C13H19ClN2O2/c14-11-3-1-2-10(6-11)13(7-15)16-4-5-18-9-12(16)8-17/h1-3,6,12-13,17H,4-5,7-9,15H2. The molecule has 0 radical (unpaired) electrons. The van der Waals surface area contributed by atoms with Crippen molar-refractivity contribution >= 4 is 11.6 Å². The first-order valence-electron chi connectivity index (χ1n) is 6.16. The van der Waals surface area contributed by atoms with E-state index in [2.05, 4.69) is 4.90 Å². The molecule has 2 unspecified atom stereocenters. The van der Waals surface area contributed by atoms with Crippen molar-refractivity contribution in [2.45, 2.75) is 12.1 Å². The Morgan fingerprint density at radius 2 is 2.39 bits per heavy atom. The number of ether oxygens (including phenoxy) is 1. The zero-order chi connectivity index (χ0) is 13.0. The van der Waals surface area contributed by atoms with Gasteiger partial charge in [-0.05, 0) is 17.7 Å². The average molecular weight is 271 g/mol. The fourth-order valence-electron chi connectivity index (χ4n) is 2.41. The van der Waals surface area contributed by atoms with Crippen LogP contribution >= 0.6 is 11.6 Å². The van der Waals surface area contributed by atoms with E-state index in [-0.39, 0.29) is 18.7 Å². The molecule has 3 N–H and O–H groups in total. The second kappa shape index (κ2) is 6.50. The molecule has 1 aliphatic heterocycles. The number of hydrogen-bond acceptors (Lipinski definition) is 4. The van der Waals surface area contributed by atoms with Crippen LogP contribution in [0.4, 0.5) is 0 Å². The van der Waals surface area contributed by atoms with Crippen LogP contribution in [0.5, 0.6) is 0 Å². The second-order valence-corrected chi connectivity index (χ2v) is 4.89. The normalized spacial score (nSPS) is 22.9. The number of rotatable bonds is 4. The first-order chi connectivity index (χ1) is 8.76. The first-order valence-corrected chi connectivity index (χ1v) is 6.54. The maximum atomic E-state index is 9.42. The van der Waals surface area contributed by atoms with Crippen LogP contribution in [0.15, 0.2) is 24.3 Å². The van der Waals surface area contributed by atoms with Gasteiger partial charge in [-0.1, -0.05) is 23.7 Å². The second-order valence-electron chi connectivity index (χ2n) is 4.46. The van der Waals surface area contributed by atoms with Gasteiger partial charge in [-0.2, -0.15) is 0 Å². The Morgan fingerprint density at radius 1 is 1.56 bits per heavy atom. The summed E-state index contributed by atoms with van der Waals surface area (Å²) in [6, 6.07) is 7.81.